The molecule has 0 spiro atoms. The second-order valence-corrected chi connectivity index (χ2v) is 7.83. The highest BCUT2D eigenvalue weighted by atomic mass is 16.7. The summed E-state index contributed by atoms with van der Waals surface area (Å²) in [5, 5.41) is 0. The molecule has 0 fully saturated rings. The van der Waals surface area contributed by atoms with Gasteiger partial charge in [0.1, 0.15) is 12.2 Å². The van der Waals surface area contributed by atoms with E-state index in [-0.39, 0.29) is 23.7 Å². The van der Waals surface area contributed by atoms with Crippen LogP contribution < -0.4 is 0 Å². The van der Waals surface area contributed by atoms with Crippen molar-refractivity contribution in [2.24, 2.45) is 11.8 Å². The predicted octanol–water partition coefficient (Wildman–Crippen LogP) is 4.38. The molecule has 6 rings (SSSR count). The minimum atomic E-state index is -0.723. The molecular formula is C24H22O6. The molecule has 2 aromatic carbocycles. The van der Waals surface area contributed by atoms with Gasteiger partial charge in [0.2, 0.25) is 0 Å². The maximum atomic E-state index is 12.0. The zero-order chi connectivity index (χ0) is 20.8. The Labute approximate surface area is 174 Å². The van der Waals surface area contributed by atoms with Crippen LogP contribution in [-0.4, -0.2) is 38.7 Å². The molecule has 30 heavy (non-hydrogen) atoms. The van der Waals surface area contributed by atoms with E-state index in [4.69, 9.17) is 18.9 Å². The summed E-state index contributed by atoms with van der Waals surface area (Å²) in [6.45, 7) is 0. The molecule has 0 heterocycles. The number of methoxy groups -OCH3 is 2. The van der Waals surface area contributed by atoms with Gasteiger partial charge in [0.25, 0.3) is 0 Å². The second-order valence-electron chi connectivity index (χ2n) is 7.83. The van der Waals surface area contributed by atoms with E-state index in [1.54, 1.807) is 12.2 Å². The predicted molar refractivity (Wildman–Crippen MR) is 107 cm³/mol. The topological polar surface area (TPSA) is 71.1 Å². The fourth-order valence-electron chi connectivity index (χ4n) is 5.61. The van der Waals surface area contributed by atoms with Gasteiger partial charge in [-0.15, -0.1) is 0 Å². The van der Waals surface area contributed by atoms with E-state index in [2.05, 4.69) is 24.3 Å². The molecule has 0 saturated heterocycles. The molecule has 154 valence electrons. The zero-order valence-corrected chi connectivity index (χ0v) is 16.7. The van der Waals surface area contributed by atoms with Crippen molar-refractivity contribution in [1.82, 2.24) is 0 Å². The normalized spacial score (nSPS) is 29.8. The van der Waals surface area contributed by atoms with Gasteiger partial charge in [-0.05, 0) is 34.4 Å². The Kier molecular flexibility index (Phi) is 4.50. The van der Waals surface area contributed by atoms with Crippen LogP contribution in [0.4, 0.5) is 9.59 Å². The van der Waals surface area contributed by atoms with E-state index in [1.165, 1.54) is 36.5 Å². The van der Waals surface area contributed by atoms with E-state index in [9.17, 15) is 9.59 Å². The van der Waals surface area contributed by atoms with Gasteiger partial charge in [0.05, 0.1) is 14.2 Å². The van der Waals surface area contributed by atoms with Crippen molar-refractivity contribution < 1.29 is 28.5 Å². The van der Waals surface area contributed by atoms with E-state index < -0.39 is 24.5 Å². The molecule has 2 unspecified atom stereocenters. The lowest BCUT2D eigenvalue weighted by atomic mass is 9.50. The second kappa shape index (κ2) is 7.20. The third kappa shape index (κ3) is 2.70. The smallest absolute Gasteiger partial charge is 0.438 e. The third-order valence-electron chi connectivity index (χ3n) is 6.59. The van der Waals surface area contributed by atoms with Crippen molar-refractivity contribution in [3.63, 3.8) is 0 Å². The van der Waals surface area contributed by atoms with Crippen molar-refractivity contribution in [2.45, 2.75) is 24.0 Å². The minimum absolute atomic E-state index is 0.00996. The molecule has 0 radical (unpaired) electrons. The first-order valence-corrected chi connectivity index (χ1v) is 9.99. The van der Waals surface area contributed by atoms with Crippen molar-refractivity contribution in [3.05, 3.63) is 82.9 Å². The highest BCUT2D eigenvalue weighted by molar-refractivity contribution is 5.63. The number of hydrogen-bond donors (Lipinski definition) is 0. The van der Waals surface area contributed by atoms with Gasteiger partial charge in [0.15, 0.2) is 0 Å². The molecule has 6 heteroatoms. The minimum Gasteiger partial charge on any atom is -0.438 e. The lowest BCUT2D eigenvalue weighted by Gasteiger charge is -2.54. The first-order valence-electron chi connectivity index (χ1n) is 9.99. The number of rotatable bonds is 2. The van der Waals surface area contributed by atoms with Gasteiger partial charge < -0.3 is 18.9 Å². The summed E-state index contributed by atoms with van der Waals surface area (Å²) in [7, 11) is 2.60. The van der Waals surface area contributed by atoms with Gasteiger partial charge >= 0.3 is 12.3 Å². The molecular weight excluding hydrogens is 384 g/mol. The maximum absolute atomic E-state index is 12.0. The molecule has 0 saturated carbocycles. The highest BCUT2D eigenvalue weighted by Gasteiger charge is 2.57. The van der Waals surface area contributed by atoms with Crippen LogP contribution in [0.15, 0.2) is 60.7 Å². The van der Waals surface area contributed by atoms with Crippen LogP contribution in [0.2, 0.25) is 0 Å². The average Bonchev–Trinajstić information content (AvgIpc) is 2.79. The molecule has 2 aromatic rings. The Morgan fingerprint density at radius 1 is 0.633 bits per heavy atom. The molecule has 4 atom stereocenters. The molecule has 0 aliphatic heterocycles. The molecule has 0 N–H and O–H groups in total. The van der Waals surface area contributed by atoms with Crippen LogP contribution in [0.25, 0.3) is 0 Å². The van der Waals surface area contributed by atoms with Gasteiger partial charge in [-0.3, -0.25) is 0 Å². The van der Waals surface area contributed by atoms with Crippen molar-refractivity contribution in [2.75, 3.05) is 14.2 Å². The molecule has 4 aliphatic carbocycles. The van der Waals surface area contributed by atoms with Crippen LogP contribution in [0.3, 0.4) is 0 Å². The number of carbonyl (C=O) groups excluding carboxylic acids is 2. The first-order chi connectivity index (χ1) is 14.6. The highest BCUT2D eigenvalue weighted by Crippen LogP contribution is 2.61. The molecule has 2 bridgehead atoms. The molecule has 6 nitrogen and oxygen atoms in total. The number of ether oxygens (including phenoxy) is 4. The van der Waals surface area contributed by atoms with Crippen molar-refractivity contribution in [1.29, 1.82) is 0 Å². The summed E-state index contributed by atoms with van der Waals surface area (Å²) >= 11 is 0. The van der Waals surface area contributed by atoms with Gasteiger partial charge in [-0.2, -0.15) is 0 Å². The summed E-state index contributed by atoms with van der Waals surface area (Å²) in [6.07, 6.45) is 1.18. The summed E-state index contributed by atoms with van der Waals surface area (Å²) in [6, 6.07) is 16.7. The summed E-state index contributed by atoms with van der Waals surface area (Å²) in [4.78, 5) is 23.9. The summed E-state index contributed by atoms with van der Waals surface area (Å²) in [5.41, 5.74) is 4.92. The lowest BCUT2D eigenvalue weighted by Crippen LogP contribution is -2.52. The fourth-order valence-corrected chi connectivity index (χ4v) is 5.61. The van der Waals surface area contributed by atoms with Crippen LogP contribution in [0.1, 0.15) is 34.1 Å². The maximum Gasteiger partial charge on any atom is 0.508 e. The number of hydrogen-bond acceptors (Lipinski definition) is 6. The SMILES string of the molecule is COC(=O)O[C@H]1C=C[C@@H](OC(=O)OC)C2C3c4ccccc4C(c4ccccc43)C21. The summed E-state index contributed by atoms with van der Waals surface area (Å²) in [5.74, 6) is -0.177. The van der Waals surface area contributed by atoms with Gasteiger partial charge in [-0.1, -0.05) is 48.5 Å². The lowest BCUT2D eigenvalue weighted by molar-refractivity contribution is -0.0418. The Hall–Kier alpha value is -3.28. The standard InChI is InChI=1S/C24H22O6/c1-27-23(25)29-17-11-12-18(30-24(26)28-2)22-20-15-9-5-3-7-13(15)19(21(17)22)14-8-4-6-10-16(14)20/h3-12,17-22H,1-2H3/t17-,18+,19?,20?,21?,22?. The number of benzene rings is 2. The molecule has 0 aromatic heterocycles. The van der Waals surface area contributed by atoms with E-state index in [0.29, 0.717) is 0 Å². The number of carbonyl (C=O) groups is 2. The van der Waals surface area contributed by atoms with E-state index in [1.807, 2.05) is 24.3 Å². The Bertz CT molecular complexity index is 900. The Balaban J connectivity index is 1.68. The van der Waals surface area contributed by atoms with Gasteiger partial charge in [-0.25, -0.2) is 9.59 Å². The monoisotopic (exact) mass is 406 g/mol. The van der Waals surface area contributed by atoms with Crippen LogP contribution in [-0.2, 0) is 18.9 Å². The van der Waals surface area contributed by atoms with Crippen LogP contribution >= 0.6 is 0 Å². The largest absolute Gasteiger partial charge is 0.508 e. The molecule has 0 amide bonds. The van der Waals surface area contributed by atoms with Crippen molar-refractivity contribution >= 4 is 12.3 Å². The van der Waals surface area contributed by atoms with Crippen LogP contribution in [0.5, 0.6) is 0 Å². The average molecular weight is 406 g/mol. The molecule has 4 aliphatic rings. The van der Waals surface area contributed by atoms with E-state index >= 15 is 0 Å². The fraction of sp³-hybridized carbons (Fsp3) is 0.333. The Morgan fingerprint density at radius 2 is 0.967 bits per heavy atom. The quantitative estimate of drug-likeness (QED) is 0.544. The Morgan fingerprint density at radius 3 is 1.27 bits per heavy atom. The zero-order valence-electron chi connectivity index (χ0n) is 16.7. The van der Waals surface area contributed by atoms with Crippen molar-refractivity contribution in [3.8, 4) is 0 Å². The first kappa shape index (κ1) is 18.7. The third-order valence-corrected chi connectivity index (χ3v) is 6.59. The van der Waals surface area contributed by atoms with Crippen LogP contribution in [0, 0.1) is 11.8 Å². The summed E-state index contributed by atoms with van der Waals surface area (Å²) < 4.78 is 20.8. The van der Waals surface area contributed by atoms with Gasteiger partial charge in [0, 0.05) is 23.7 Å². The van der Waals surface area contributed by atoms with E-state index in [0.717, 1.165) is 0 Å².